The topological polar surface area (TPSA) is 109 Å². The number of amides is 2. The lowest BCUT2D eigenvalue weighted by molar-refractivity contribution is 0.0906. The first kappa shape index (κ1) is 21.4. The van der Waals surface area contributed by atoms with Crippen LogP contribution in [0.3, 0.4) is 0 Å². The van der Waals surface area contributed by atoms with Crippen molar-refractivity contribution >= 4 is 33.4 Å². The second-order valence-corrected chi connectivity index (χ2v) is 8.85. The molecule has 156 valence electrons. The average molecular weight is 440 g/mol. The van der Waals surface area contributed by atoms with Gasteiger partial charge >= 0.3 is 0 Å². The summed E-state index contributed by atoms with van der Waals surface area (Å²) in [5.41, 5.74) is 0.346. The van der Waals surface area contributed by atoms with Gasteiger partial charge in [0.25, 0.3) is 21.8 Å². The predicted octanol–water partition coefficient (Wildman–Crippen LogP) is 2.27. The van der Waals surface area contributed by atoms with E-state index in [1.165, 1.54) is 16.4 Å². The van der Waals surface area contributed by atoms with E-state index in [2.05, 4.69) is 10.6 Å². The van der Waals surface area contributed by atoms with Crippen molar-refractivity contribution in [2.75, 3.05) is 26.2 Å². The number of benzene rings is 1. The molecule has 0 radical (unpaired) electrons. The summed E-state index contributed by atoms with van der Waals surface area (Å²) >= 11 is 5.96. The Balaban J connectivity index is 1.50. The zero-order valence-corrected chi connectivity index (χ0v) is 17.3. The molecule has 1 fully saturated rings. The van der Waals surface area contributed by atoms with E-state index < -0.39 is 15.9 Å². The quantitative estimate of drug-likeness (QED) is 0.643. The Morgan fingerprint density at radius 1 is 0.966 bits per heavy atom. The van der Waals surface area contributed by atoms with Crippen LogP contribution in [0.1, 0.15) is 40.2 Å². The monoisotopic (exact) mass is 439 g/mol. The highest BCUT2D eigenvalue weighted by atomic mass is 35.5. The van der Waals surface area contributed by atoms with E-state index in [0.717, 1.165) is 19.3 Å². The fraction of sp³-hybridized carbons (Fsp3) is 0.368. The summed E-state index contributed by atoms with van der Waals surface area (Å²) in [7, 11) is -3.73. The number of furan rings is 1. The molecule has 3 rings (SSSR count). The van der Waals surface area contributed by atoms with Crippen molar-refractivity contribution in [3.63, 3.8) is 0 Å². The molecule has 0 atom stereocenters. The van der Waals surface area contributed by atoms with Crippen LogP contribution in [0.25, 0.3) is 0 Å². The molecule has 1 saturated heterocycles. The Kier molecular flexibility index (Phi) is 6.94. The number of hydrogen-bond acceptors (Lipinski definition) is 5. The molecule has 0 bridgehead atoms. The summed E-state index contributed by atoms with van der Waals surface area (Å²) in [5.74, 6) is -1.01. The van der Waals surface area contributed by atoms with Crippen LogP contribution in [0.4, 0.5) is 0 Å². The van der Waals surface area contributed by atoms with Crippen LogP contribution in [-0.4, -0.2) is 50.7 Å². The highest BCUT2D eigenvalue weighted by Crippen LogP contribution is 2.22. The minimum absolute atomic E-state index is 0.0991. The van der Waals surface area contributed by atoms with Gasteiger partial charge in [0.2, 0.25) is 5.09 Å². The molecule has 0 saturated carbocycles. The summed E-state index contributed by atoms with van der Waals surface area (Å²) in [6.45, 7) is 1.23. The van der Waals surface area contributed by atoms with Gasteiger partial charge in [0.15, 0.2) is 5.76 Å². The summed E-state index contributed by atoms with van der Waals surface area (Å²) in [6.07, 6.45) is 2.63. The summed E-state index contributed by atoms with van der Waals surface area (Å²) < 4.78 is 31.8. The largest absolute Gasteiger partial charge is 0.438 e. The van der Waals surface area contributed by atoms with E-state index in [-0.39, 0.29) is 29.8 Å². The van der Waals surface area contributed by atoms with Crippen molar-refractivity contribution in [2.45, 2.75) is 24.4 Å². The zero-order valence-electron chi connectivity index (χ0n) is 15.7. The van der Waals surface area contributed by atoms with Crippen molar-refractivity contribution in [3.8, 4) is 0 Å². The number of nitrogens with zero attached hydrogens (tertiary/aromatic N) is 1. The summed E-state index contributed by atoms with van der Waals surface area (Å²) in [5, 5.41) is 5.32. The first-order chi connectivity index (χ1) is 13.9. The van der Waals surface area contributed by atoms with E-state index in [9.17, 15) is 18.0 Å². The van der Waals surface area contributed by atoms with Gasteiger partial charge in [-0.25, -0.2) is 8.42 Å². The number of carbonyl (C=O) groups excluding carboxylic acids is 2. The second-order valence-electron chi connectivity index (χ2n) is 6.58. The van der Waals surface area contributed by atoms with Crippen molar-refractivity contribution in [3.05, 3.63) is 52.7 Å². The van der Waals surface area contributed by atoms with Crippen LogP contribution in [0.2, 0.25) is 5.02 Å². The number of nitrogens with one attached hydrogen (secondary N) is 2. The van der Waals surface area contributed by atoms with Crippen LogP contribution in [0, 0.1) is 0 Å². The maximum atomic E-state index is 12.6. The number of halogens is 1. The molecule has 0 unspecified atom stereocenters. The lowest BCUT2D eigenvalue weighted by Gasteiger charge is -2.24. The fourth-order valence-electron chi connectivity index (χ4n) is 2.99. The van der Waals surface area contributed by atoms with Crippen LogP contribution in [0.5, 0.6) is 0 Å². The molecule has 1 aromatic carbocycles. The molecule has 2 heterocycles. The smallest absolute Gasteiger partial charge is 0.287 e. The molecule has 2 amide bonds. The molecule has 8 nitrogen and oxygen atoms in total. The van der Waals surface area contributed by atoms with Gasteiger partial charge in [-0.05, 0) is 37.1 Å². The molecule has 2 aromatic rings. The van der Waals surface area contributed by atoms with Crippen LogP contribution >= 0.6 is 11.6 Å². The normalized spacial score (nSPS) is 15.1. The number of hydrogen-bond donors (Lipinski definition) is 2. The number of carbonyl (C=O) groups is 2. The van der Waals surface area contributed by atoms with Crippen molar-refractivity contribution in [1.29, 1.82) is 0 Å². The van der Waals surface area contributed by atoms with E-state index in [4.69, 9.17) is 16.0 Å². The molecule has 0 aliphatic carbocycles. The van der Waals surface area contributed by atoms with Gasteiger partial charge in [0, 0.05) is 26.2 Å². The molecule has 0 spiro atoms. The SMILES string of the molecule is O=C(NCCNC(=O)c1ccccc1Cl)c1ccc(S(=O)(=O)N2CCCCC2)o1. The van der Waals surface area contributed by atoms with Gasteiger partial charge in [-0.2, -0.15) is 4.31 Å². The van der Waals surface area contributed by atoms with E-state index in [1.807, 2.05) is 0 Å². The number of piperidine rings is 1. The molecular formula is C19H22ClN3O5S. The molecule has 1 aromatic heterocycles. The molecule has 2 N–H and O–H groups in total. The lowest BCUT2D eigenvalue weighted by atomic mass is 10.2. The Bertz CT molecular complexity index is 983. The molecule has 1 aliphatic heterocycles. The van der Waals surface area contributed by atoms with Crippen molar-refractivity contribution < 1.29 is 22.4 Å². The maximum Gasteiger partial charge on any atom is 0.287 e. The van der Waals surface area contributed by atoms with Gasteiger partial charge in [0.05, 0.1) is 10.6 Å². The number of sulfonamides is 1. The van der Waals surface area contributed by atoms with Gasteiger partial charge in [-0.15, -0.1) is 0 Å². The third-order valence-electron chi connectivity index (χ3n) is 4.53. The third-order valence-corrected chi connectivity index (χ3v) is 6.63. The fourth-order valence-corrected chi connectivity index (χ4v) is 4.64. The van der Waals surface area contributed by atoms with Crippen molar-refractivity contribution in [1.82, 2.24) is 14.9 Å². The first-order valence-electron chi connectivity index (χ1n) is 9.30. The minimum atomic E-state index is -3.73. The molecular weight excluding hydrogens is 418 g/mol. The van der Waals surface area contributed by atoms with Crippen LogP contribution < -0.4 is 10.6 Å². The van der Waals surface area contributed by atoms with Gasteiger partial charge in [-0.3, -0.25) is 9.59 Å². The molecule has 29 heavy (non-hydrogen) atoms. The lowest BCUT2D eigenvalue weighted by Crippen LogP contribution is -2.35. The molecule has 10 heteroatoms. The van der Waals surface area contributed by atoms with Gasteiger partial charge in [-0.1, -0.05) is 30.2 Å². The Morgan fingerprint density at radius 3 is 2.31 bits per heavy atom. The minimum Gasteiger partial charge on any atom is -0.438 e. The first-order valence-corrected chi connectivity index (χ1v) is 11.1. The third kappa shape index (κ3) is 5.17. The Hall–Kier alpha value is -2.36. The van der Waals surface area contributed by atoms with E-state index in [1.54, 1.807) is 24.3 Å². The van der Waals surface area contributed by atoms with E-state index in [0.29, 0.717) is 23.7 Å². The van der Waals surface area contributed by atoms with Crippen molar-refractivity contribution in [2.24, 2.45) is 0 Å². The van der Waals surface area contributed by atoms with Crippen LogP contribution in [-0.2, 0) is 10.0 Å². The second kappa shape index (κ2) is 9.43. The Labute approximate surface area is 174 Å². The summed E-state index contributed by atoms with van der Waals surface area (Å²) in [4.78, 5) is 24.2. The predicted molar refractivity (Wildman–Crippen MR) is 107 cm³/mol. The van der Waals surface area contributed by atoms with Gasteiger partial charge < -0.3 is 15.1 Å². The highest BCUT2D eigenvalue weighted by molar-refractivity contribution is 7.89. The summed E-state index contributed by atoms with van der Waals surface area (Å²) in [6, 6.07) is 9.26. The maximum absolute atomic E-state index is 12.6. The molecule has 1 aliphatic rings. The van der Waals surface area contributed by atoms with Gasteiger partial charge in [0.1, 0.15) is 0 Å². The zero-order chi connectivity index (χ0) is 20.9. The van der Waals surface area contributed by atoms with Crippen LogP contribution in [0.15, 0.2) is 45.9 Å². The average Bonchev–Trinajstić information content (AvgIpc) is 3.23. The van der Waals surface area contributed by atoms with E-state index >= 15 is 0 Å². The highest BCUT2D eigenvalue weighted by Gasteiger charge is 2.29. The number of rotatable bonds is 7. The Morgan fingerprint density at radius 2 is 1.62 bits per heavy atom. The standard InChI is InChI=1S/C19H22ClN3O5S/c20-15-7-3-2-6-14(15)18(24)21-10-11-22-19(25)16-8-9-17(28-16)29(26,27)23-12-4-1-5-13-23/h2-3,6-9H,1,4-5,10-13H2,(H,21,24)(H,22,25).